The van der Waals surface area contributed by atoms with Gasteiger partial charge in [0, 0.05) is 6.42 Å². The lowest BCUT2D eigenvalue weighted by molar-refractivity contribution is -0.124. The van der Waals surface area contributed by atoms with Crippen LogP contribution in [-0.4, -0.2) is 23.5 Å². The summed E-state index contributed by atoms with van der Waals surface area (Å²) < 4.78 is 6.37. The fraction of sp³-hybridized carbons (Fsp3) is 0.350. The number of nitrogens with one attached hydrogen (secondary N) is 3. The first-order chi connectivity index (χ1) is 13.5. The van der Waals surface area contributed by atoms with Crippen LogP contribution in [0.2, 0.25) is 0 Å². The summed E-state index contributed by atoms with van der Waals surface area (Å²) in [6.07, 6.45) is 5.01. The predicted molar refractivity (Wildman–Crippen MR) is 116 cm³/mol. The van der Waals surface area contributed by atoms with Crippen molar-refractivity contribution in [1.29, 1.82) is 0 Å². The number of hydrazine groups is 1. The molecule has 3 N–H and O–H groups in total. The molecule has 0 radical (unpaired) electrons. The molecule has 2 aromatic carbocycles. The van der Waals surface area contributed by atoms with E-state index in [9.17, 15) is 9.59 Å². The number of carbonyl (C=O) groups is 2. The van der Waals surface area contributed by atoms with Gasteiger partial charge in [-0.15, -0.1) is 0 Å². The summed E-state index contributed by atoms with van der Waals surface area (Å²) in [6, 6.07) is 11.6. The molecule has 0 heterocycles. The highest BCUT2D eigenvalue weighted by molar-refractivity contribution is 9.10. The number of ether oxygens (including phenoxy) is 1. The van der Waals surface area contributed by atoms with Gasteiger partial charge in [0.15, 0.2) is 11.7 Å². The maximum atomic E-state index is 12.0. The summed E-state index contributed by atoms with van der Waals surface area (Å²) >= 11 is 8.55. The second-order valence-corrected chi connectivity index (χ2v) is 7.99. The molecule has 2 amide bonds. The minimum Gasteiger partial charge on any atom is -0.483 e. The van der Waals surface area contributed by atoms with Crippen molar-refractivity contribution in [2.45, 2.75) is 32.1 Å². The first kappa shape index (κ1) is 20.5. The Morgan fingerprint density at radius 2 is 1.82 bits per heavy atom. The van der Waals surface area contributed by atoms with E-state index in [4.69, 9.17) is 17.0 Å². The number of hydrogen-bond acceptors (Lipinski definition) is 4. The molecular formula is C20H22BrN3O3S. The van der Waals surface area contributed by atoms with E-state index in [1.165, 1.54) is 12.8 Å². The Labute approximate surface area is 177 Å². The van der Waals surface area contributed by atoms with Crippen LogP contribution in [0.25, 0.3) is 10.8 Å². The van der Waals surface area contributed by atoms with Crippen molar-refractivity contribution in [2.24, 2.45) is 5.92 Å². The molecule has 6 nitrogen and oxygen atoms in total. The number of rotatable bonds is 5. The van der Waals surface area contributed by atoms with Gasteiger partial charge in [0.05, 0.1) is 4.47 Å². The average Bonchev–Trinajstić information content (AvgIpc) is 3.19. The molecule has 0 aromatic heterocycles. The molecule has 0 bridgehead atoms. The fourth-order valence-electron chi connectivity index (χ4n) is 3.32. The zero-order valence-electron chi connectivity index (χ0n) is 15.3. The number of amides is 2. The van der Waals surface area contributed by atoms with E-state index < -0.39 is 5.91 Å². The fourth-order valence-corrected chi connectivity index (χ4v) is 4.09. The van der Waals surface area contributed by atoms with Gasteiger partial charge in [-0.1, -0.05) is 43.2 Å². The smallest absolute Gasteiger partial charge is 0.276 e. The van der Waals surface area contributed by atoms with Crippen molar-refractivity contribution in [1.82, 2.24) is 16.2 Å². The van der Waals surface area contributed by atoms with Crippen molar-refractivity contribution < 1.29 is 14.3 Å². The third-order valence-corrected chi connectivity index (χ3v) is 5.73. The third-order valence-electron chi connectivity index (χ3n) is 4.70. The van der Waals surface area contributed by atoms with E-state index in [2.05, 4.69) is 32.1 Å². The lowest BCUT2D eigenvalue weighted by atomic mass is 10.0. The molecule has 0 atom stereocenters. The standard InChI is InChI=1S/C20H22BrN3O3S/c21-19-15-8-4-3-7-14(15)9-10-16(19)27-12-18(26)23-24-20(28)22-17(25)11-13-5-1-2-6-13/h3-4,7-10,13H,1-2,5-6,11-12H2,(H,23,26)(H2,22,24,25,28). The summed E-state index contributed by atoms with van der Waals surface area (Å²) in [5.74, 6) is 0.468. The molecule has 1 aliphatic carbocycles. The molecule has 1 fully saturated rings. The summed E-state index contributed by atoms with van der Waals surface area (Å²) in [4.78, 5) is 23.9. The van der Waals surface area contributed by atoms with Crippen molar-refractivity contribution in [3.63, 3.8) is 0 Å². The average molecular weight is 464 g/mol. The highest BCUT2D eigenvalue weighted by Crippen LogP contribution is 2.33. The highest BCUT2D eigenvalue weighted by atomic mass is 79.9. The molecular weight excluding hydrogens is 442 g/mol. The summed E-state index contributed by atoms with van der Waals surface area (Å²) in [6.45, 7) is -0.192. The largest absolute Gasteiger partial charge is 0.483 e. The Morgan fingerprint density at radius 3 is 2.61 bits per heavy atom. The van der Waals surface area contributed by atoms with Gasteiger partial charge in [0.1, 0.15) is 5.75 Å². The van der Waals surface area contributed by atoms with Crippen molar-refractivity contribution in [3.8, 4) is 5.75 Å². The Bertz CT molecular complexity index is 884. The third kappa shape index (κ3) is 5.65. The van der Waals surface area contributed by atoms with Gasteiger partial charge in [-0.25, -0.2) is 0 Å². The van der Waals surface area contributed by atoms with Crippen LogP contribution in [-0.2, 0) is 9.59 Å². The number of fused-ring (bicyclic) bond motifs is 1. The van der Waals surface area contributed by atoms with E-state index >= 15 is 0 Å². The minimum atomic E-state index is -0.410. The van der Waals surface area contributed by atoms with Crippen LogP contribution >= 0.6 is 28.1 Å². The highest BCUT2D eigenvalue weighted by Gasteiger charge is 2.19. The Morgan fingerprint density at radius 1 is 1.07 bits per heavy atom. The van der Waals surface area contributed by atoms with Crippen LogP contribution in [0.5, 0.6) is 5.75 Å². The predicted octanol–water partition coefficient (Wildman–Crippen LogP) is 3.58. The molecule has 1 saturated carbocycles. The van der Waals surface area contributed by atoms with Crippen LogP contribution in [0.1, 0.15) is 32.1 Å². The minimum absolute atomic E-state index is 0.0724. The molecule has 28 heavy (non-hydrogen) atoms. The molecule has 3 rings (SSSR count). The van der Waals surface area contributed by atoms with E-state index in [1.54, 1.807) is 6.07 Å². The van der Waals surface area contributed by atoms with Gasteiger partial charge in [0.2, 0.25) is 5.91 Å². The summed E-state index contributed by atoms with van der Waals surface area (Å²) in [7, 11) is 0. The quantitative estimate of drug-likeness (QED) is 0.466. The first-order valence-corrected chi connectivity index (χ1v) is 10.4. The molecule has 8 heteroatoms. The van der Waals surface area contributed by atoms with Crippen LogP contribution in [0, 0.1) is 5.92 Å². The lowest BCUT2D eigenvalue weighted by Gasteiger charge is -2.13. The number of benzene rings is 2. The van der Waals surface area contributed by atoms with Crippen LogP contribution in [0.4, 0.5) is 0 Å². The van der Waals surface area contributed by atoms with Crippen molar-refractivity contribution >= 4 is 55.8 Å². The zero-order valence-corrected chi connectivity index (χ0v) is 17.7. The molecule has 0 aliphatic heterocycles. The molecule has 2 aromatic rings. The number of halogens is 1. The van der Waals surface area contributed by atoms with Gasteiger partial charge in [-0.2, -0.15) is 0 Å². The molecule has 0 unspecified atom stereocenters. The topological polar surface area (TPSA) is 79.5 Å². The monoisotopic (exact) mass is 463 g/mol. The Balaban J connectivity index is 1.41. The van der Waals surface area contributed by atoms with Gasteiger partial charge < -0.3 is 10.1 Å². The second-order valence-electron chi connectivity index (χ2n) is 6.79. The Hall–Kier alpha value is -2.19. The molecule has 1 aliphatic rings. The second kappa shape index (κ2) is 9.84. The molecule has 148 valence electrons. The molecule has 0 saturated heterocycles. The van der Waals surface area contributed by atoms with Crippen molar-refractivity contribution in [2.75, 3.05) is 6.61 Å². The van der Waals surface area contributed by atoms with E-state index in [0.29, 0.717) is 18.1 Å². The van der Waals surface area contributed by atoms with Gasteiger partial charge in [0.25, 0.3) is 5.91 Å². The van der Waals surface area contributed by atoms with E-state index in [-0.39, 0.29) is 17.6 Å². The van der Waals surface area contributed by atoms with Crippen LogP contribution < -0.4 is 20.9 Å². The Kier molecular flexibility index (Phi) is 7.22. The summed E-state index contributed by atoms with van der Waals surface area (Å²) in [5, 5.41) is 4.74. The summed E-state index contributed by atoms with van der Waals surface area (Å²) in [5.41, 5.74) is 4.95. The van der Waals surface area contributed by atoms with Gasteiger partial charge in [-0.3, -0.25) is 20.4 Å². The van der Waals surface area contributed by atoms with Gasteiger partial charge >= 0.3 is 0 Å². The number of hydrogen-bond donors (Lipinski definition) is 3. The number of carbonyl (C=O) groups excluding carboxylic acids is 2. The normalized spacial score (nSPS) is 13.9. The van der Waals surface area contributed by atoms with Crippen LogP contribution in [0.15, 0.2) is 40.9 Å². The van der Waals surface area contributed by atoms with Gasteiger partial charge in [-0.05, 0) is 63.7 Å². The van der Waals surface area contributed by atoms with Crippen LogP contribution in [0.3, 0.4) is 0 Å². The maximum Gasteiger partial charge on any atom is 0.276 e. The number of thiocarbonyl (C=S) groups is 1. The zero-order chi connectivity index (χ0) is 19.9. The molecule has 0 spiro atoms. The van der Waals surface area contributed by atoms with E-state index in [0.717, 1.165) is 28.1 Å². The van der Waals surface area contributed by atoms with Crippen molar-refractivity contribution in [3.05, 3.63) is 40.9 Å². The first-order valence-electron chi connectivity index (χ1n) is 9.21. The maximum absolute atomic E-state index is 12.0. The SMILES string of the molecule is O=C(COc1ccc2ccccc2c1Br)NNC(=S)NC(=O)CC1CCCC1. The lowest BCUT2D eigenvalue weighted by Crippen LogP contribution is -2.49. The van der Waals surface area contributed by atoms with E-state index in [1.807, 2.05) is 30.3 Å².